The first-order valence-corrected chi connectivity index (χ1v) is 12.7. The maximum absolute atomic E-state index is 13.5. The number of hydrogen-bond donors (Lipinski definition) is 1. The van der Waals surface area contributed by atoms with Gasteiger partial charge in [0.15, 0.2) is 5.76 Å². The lowest BCUT2D eigenvalue weighted by Crippen LogP contribution is -2.30. The number of furan rings is 1. The Labute approximate surface area is 213 Å². The summed E-state index contributed by atoms with van der Waals surface area (Å²) >= 11 is 5.94. The molecular formula is C26H23ClN2O6S. The van der Waals surface area contributed by atoms with Gasteiger partial charge in [0, 0.05) is 17.6 Å². The predicted octanol–water partition coefficient (Wildman–Crippen LogP) is 5.12. The Morgan fingerprint density at radius 3 is 2.44 bits per heavy atom. The van der Waals surface area contributed by atoms with Crippen LogP contribution in [-0.2, 0) is 32.6 Å². The molecule has 4 rings (SSSR count). The van der Waals surface area contributed by atoms with Crippen LogP contribution in [0.5, 0.6) is 0 Å². The van der Waals surface area contributed by atoms with Gasteiger partial charge in [-0.15, -0.1) is 0 Å². The van der Waals surface area contributed by atoms with Gasteiger partial charge < -0.3 is 14.3 Å². The summed E-state index contributed by atoms with van der Waals surface area (Å²) in [6, 6.07) is 18.5. The molecule has 0 fully saturated rings. The molecule has 2 heterocycles. The van der Waals surface area contributed by atoms with Crippen LogP contribution < -0.4 is 0 Å². The third-order valence-electron chi connectivity index (χ3n) is 5.47. The average Bonchev–Trinajstić information content (AvgIpc) is 3.42. The summed E-state index contributed by atoms with van der Waals surface area (Å²) in [5.41, 5.74) is 1.26. The van der Waals surface area contributed by atoms with Gasteiger partial charge >= 0.3 is 5.97 Å². The Kier molecular flexibility index (Phi) is 7.44. The number of sulfonamides is 1. The smallest absolute Gasteiger partial charge is 0.343 e. The molecule has 0 saturated carbocycles. The summed E-state index contributed by atoms with van der Waals surface area (Å²) in [6.07, 6.45) is 1.47. The molecule has 0 aliphatic carbocycles. The summed E-state index contributed by atoms with van der Waals surface area (Å²) in [7, 11) is -2.67. The number of aliphatic hydroxyl groups excluding tert-OH is 1. The van der Waals surface area contributed by atoms with Crippen LogP contribution in [0.25, 0.3) is 6.08 Å². The van der Waals surface area contributed by atoms with Gasteiger partial charge in [-0.2, -0.15) is 4.31 Å². The Balaban J connectivity index is 1.63. The van der Waals surface area contributed by atoms with Crippen molar-refractivity contribution in [3.8, 4) is 0 Å². The number of methoxy groups -OCH3 is 1. The molecule has 0 unspecified atom stereocenters. The SMILES string of the molecule is COC(=O)C1=C(O)/C(=C\c2ccc(CN(Cc3ccccc3)S(=O)(=O)c3ccc(Cl)cc3)o2)N=C1C. The van der Waals surface area contributed by atoms with E-state index < -0.39 is 16.0 Å². The fraction of sp³-hybridized carbons (Fsp3) is 0.154. The van der Waals surface area contributed by atoms with Crippen LogP contribution >= 0.6 is 11.6 Å². The summed E-state index contributed by atoms with van der Waals surface area (Å²) in [5.74, 6) is -0.294. The van der Waals surface area contributed by atoms with E-state index in [4.69, 9.17) is 16.0 Å². The van der Waals surface area contributed by atoms with Crippen LogP contribution in [0.3, 0.4) is 0 Å². The Morgan fingerprint density at radius 2 is 1.78 bits per heavy atom. The maximum Gasteiger partial charge on any atom is 0.343 e. The molecule has 1 N–H and O–H groups in total. The third-order valence-corrected chi connectivity index (χ3v) is 7.52. The molecule has 36 heavy (non-hydrogen) atoms. The Morgan fingerprint density at radius 1 is 1.08 bits per heavy atom. The molecule has 10 heteroatoms. The van der Waals surface area contributed by atoms with Crippen LogP contribution in [0.15, 0.2) is 98.1 Å². The molecule has 8 nitrogen and oxygen atoms in total. The Hall–Kier alpha value is -3.66. The highest BCUT2D eigenvalue weighted by atomic mass is 35.5. The lowest BCUT2D eigenvalue weighted by molar-refractivity contribution is -0.135. The van der Waals surface area contributed by atoms with Crippen LogP contribution in [0.4, 0.5) is 0 Å². The number of rotatable bonds is 8. The summed E-state index contributed by atoms with van der Waals surface area (Å²) in [5, 5.41) is 10.8. The van der Waals surface area contributed by atoms with Gasteiger partial charge in [-0.1, -0.05) is 41.9 Å². The first-order valence-electron chi connectivity index (χ1n) is 10.9. The zero-order valence-corrected chi connectivity index (χ0v) is 21.1. The minimum Gasteiger partial charge on any atom is -0.505 e. The topological polar surface area (TPSA) is 109 Å². The normalized spacial score (nSPS) is 15.0. The molecule has 0 spiro atoms. The van der Waals surface area contributed by atoms with Crippen molar-refractivity contribution in [2.75, 3.05) is 7.11 Å². The second-order valence-electron chi connectivity index (χ2n) is 7.96. The van der Waals surface area contributed by atoms with Crippen LogP contribution in [0.2, 0.25) is 5.02 Å². The van der Waals surface area contributed by atoms with Crippen molar-refractivity contribution in [3.63, 3.8) is 0 Å². The van der Waals surface area contributed by atoms with Crippen molar-refractivity contribution < 1.29 is 27.5 Å². The van der Waals surface area contributed by atoms with E-state index in [1.54, 1.807) is 19.1 Å². The molecule has 0 amide bonds. The van der Waals surface area contributed by atoms with Crippen LogP contribution in [0, 0.1) is 0 Å². The molecule has 0 saturated heterocycles. The van der Waals surface area contributed by atoms with E-state index in [0.717, 1.165) is 5.56 Å². The van der Waals surface area contributed by atoms with Gasteiger partial charge in [-0.05, 0) is 48.9 Å². The first-order chi connectivity index (χ1) is 17.2. The number of carbonyl (C=O) groups is 1. The predicted molar refractivity (Wildman–Crippen MR) is 136 cm³/mol. The first kappa shape index (κ1) is 25.4. The van der Waals surface area contributed by atoms with E-state index in [-0.39, 0.29) is 35.0 Å². The summed E-state index contributed by atoms with van der Waals surface area (Å²) in [4.78, 5) is 16.2. The zero-order valence-electron chi connectivity index (χ0n) is 19.5. The Bertz CT molecular complexity index is 1470. The molecule has 3 aromatic rings. The van der Waals surface area contributed by atoms with Gasteiger partial charge in [-0.3, -0.25) is 0 Å². The minimum absolute atomic E-state index is 0.0152. The lowest BCUT2D eigenvalue weighted by atomic mass is 10.1. The van der Waals surface area contributed by atoms with Crippen molar-refractivity contribution in [3.05, 3.63) is 106 Å². The highest BCUT2D eigenvalue weighted by Crippen LogP contribution is 2.28. The van der Waals surface area contributed by atoms with Gasteiger partial charge in [-0.25, -0.2) is 18.2 Å². The second kappa shape index (κ2) is 10.5. The number of aliphatic hydroxyl groups is 1. The van der Waals surface area contributed by atoms with E-state index in [1.807, 2.05) is 30.3 Å². The monoisotopic (exact) mass is 526 g/mol. The zero-order chi connectivity index (χ0) is 25.9. The molecule has 0 radical (unpaired) electrons. The summed E-state index contributed by atoms with van der Waals surface area (Å²) in [6.45, 7) is 1.67. The highest BCUT2D eigenvalue weighted by Gasteiger charge is 2.28. The van der Waals surface area contributed by atoms with E-state index in [2.05, 4.69) is 9.73 Å². The lowest BCUT2D eigenvalue weighted by Gasteiger charge is -2.21. The number of nitrogens with zero attached hydrogens (tertiary/aromatic N) is 2. The summed E-state index contributed by atoms with van der Waals surface area (Å²) < 4.78 is 38.8. The minimum atomic E-state index is -3.88. The van der Waals surface area contributed by atoms with Gasteiger partial charge in [0.2, 0.25) is 10.0 Å². The molecule has 1 aliphatic heterocycles. The third kappa shape index (κ3) is 5.43. The molecule has 186 valence electrons. The number of carbonyl (C=O) groups excluding carboxylic acids is 1. The fourth-order valence-electron chi connectivity index (χ4n) is 3.67. The average molecular weight is 527 g/mol. The number of ether oxygens (including phenoxy) is 1. The molecule has 1 aliphatic rings. The highest BCUT2D eigenvalue weighted by molar-refractivity contribution is 7.89. The number of hydrogen-bond acceptors (Lipinski definition) is 7. The van der Waals surface area contributed by atoms with Crippen LogP contribution in [0.1, 0.15) is 24.0 Å². The second-order valence-corrected chi connectivity index (χ2v) is 10.3. The number of benzene rings is 2. The van der Waals surface area contributed by atoms with Crippen molar-refractivity contribution in [2.45, 2.75) is 24.9 Å². The van der Waals surface area contributed by atoms with Crippen molar-refractivity contribution in [1.29, 1.82) is 0 Å². The quantitative estimate of drug-likeness (QED) is 0.408. The van der Waals surface area contributed by atoms with Gasteiger partial charge in [0.25, 0.3) is 0 Å². The molecule has 0 bridgehead atoms. The number of halogens is 1. The van der Waals surface area contributed by atoms with Gasteiger partial charge in [0.1, 0.15) is 22.8 Å². The standard InChI is InChI=1S/C26H23ClN2O6S/c1-17-24(26(31)34-2)25(30)23(28-17)14-20-10-11-21(35-20)16-29(15-18-6-4-3-5-7-18)36(32,33)22-12-8-19(27)9-13-22/h3-14,30H,15-16H2,1-2H3/b23-14+. The number of esters is 1. The molecule has 2 aromatic carbocycles. The fourth-order valence-corrected chi connectivity index (χ4v) is 5.19. The van der Waals surface area contributed by atoms with Crippen molar-refractivity contribution in [2.24, 2.45) is 4.99 Å². The van der Waals surface area contributed by atoms with Crippen molar-refractivity contribution >= 4 is 39.4 Å². The van der Waals surface area contributed by atoms with Crippen LogP contribution in [-0.4, -0.2) is 36.6 Å². The maximum atomic E-state index is 13.5. The van der Waals surface area contributed by atoms with E-state index in [9.17, 15) is 18.3 Å². The molecular weight excluding hydrogens is 504 g/mol. The number of aliphatic imine (C=N–C) groups is 1. The molecule has 1 aromatic heterocycles. The van der Waals surface area contributed by atoms with E-state index >= 15 is 0 Å². The van der Waals surface area contributed by atoms with E-state index in [0.29, 0.717) is 22.3 Å². The largest absolute Gasteiger partial charge is 0.505 e. The van der Waals surface area contributed by atoms with Gasteiger partial charge in [0.05, 0.1) is 24.3 Å². The van der Waals surface area contributed by atoms with Crippen molar-refractivity contribution in [1.82, 2.24) is 4.31 Å². The van der Waals surface area contributed by atoms with E-state index in [1.165, 1.54) is 41.8 Å². The molecule has 0 atom stereocenters.